The molecule has 0 bridgehead atoms. The highest BCUT2D eigenvalue weighted by Gasteiger charge is 2.13. The van der Waals surface area contributed by atoms with Crippen molar-refractivity contribution in [1.29, 1.82) is 0 Å². The zero-order chi connectivity index (χ0) is 21.2. The van der Waals surface area contributed by atoms with E-state index < -0.39 is 7.82 Å². The summed E-state index contributed by atoms with van der Waals surface area (Å²) >= 11 is 0. The molecular formula is C24H23O5P. The lowest BCUT2D eigenvalue weighted by Crippen LogP contribution is -2.06. The Bertz CT molecular complexity index is 1040. The minimum Gasteiger partial charge on any atom is -0.491 e. The molecule has 0 radical (unpaired) electrons. The Morgan fingerprint density at radius 1 is 0.700 bits per heavy atom. The number of hydrogen-bond donors (Lipinski definition) is 2. The van der Waals surface area contributed by atoms with E-state index in [4.69, 9.17) is 14.5 Å². The van der Waals surface area contributed by atoms with Gasteiger partial charge in [0.25, 0.3) is 0 Å². The molecule has 3 rings (SSSR count). The van der Waals surface area contributed by atoms with Crippen LogP contribution >= 0.6 is 7.82 Å². The van der Waals surface area contributed by atoms with Gasteiger partial charge in [0.2, 0.25) is 0 Å². The SMILES string of the molecule is O=P(O)(O)OCCOc1cccc(C=Cc2ccccc2)c1C=Cc1ccccc1. The van der Waals surface area contributed by atoms with Crippen LogP contribution in [0.1, 0.15) is 22.3 Å². The Morgan fingerprint density at radius 2 is 1.30 bits per heavy atom. The van der Waals surface area contributed by atoms with Crippen molar-refractivity contribution < 1.29 is 23.6 Å². The van der Waals surface area contributed by atoms with Crippen molar-refractivity contribution in [3.63, 3.8) is 0 Å². The molecule has 0 unspecified atom stereocenters. The molecule has 0 fully saturated rings. The third-order valence-corrected chi connectivity index (χ3v) is 4.72. The van der Waals surface area contributed by atoms with E-state index in [1.807, 2.05) is 103 Å². The standard InChI is InChI=1S/C24H23O5P/c25-30(26,27)29-19-18-28-24-13-7-12-22(16-14-20-8-3-1-4-9-20)23(24)17-15-21-10-5-2-6-11-21/h1-17H,18-19H2,(H2,25,26,27). The average Bonchev–Trinajstić information content (AvgIpc) is 2.75. The van der Waals surface area contributed by atoms with Gasteiger partial charge in [0.15, 0.2) is 0 Å². The summed E-state index contributed by atoms with van der Waals surface area (Å²) in [4.78, 5) is 17.6. The summed E-state index contributed by atoms with van der Waals surface area (Å²) in [7, 11) is -4.51. The first-order valence-electron chi connectivity index (χ1n) is 9.43. The first-order valence-corrected chi connectivity index (χ1v) is 11.0. The molecule has 30 heavy (non-hydrogen) atoms. The topological polar surface area (TPSA) is 76.0 Å². The van der Waals surface area contributed by atoms with Crippen molar-refractivity contribution in [3.8, 4) is 5.75 Å². The van der Waals surface area contributed by atoms with E-state index in [1.165, 1.54) is 0 Å². The van der Waals surface area contributed by atoms with Crippen LogP contribution in [0.4, 0.5) is 0 Å². The van der Waals surface area contributed by atoms with Gasteiger partial charge in [-0.25, -0.2) is 4.57 Å². The average molecular weight is 422 g/mol. The van der Waals surface area contributed by atoms with Crippen molar-refractivity contribution in [2.75, 3.05) is 13.2 Å². The lowest BCUT2D eigenvalue weighted by atomic mass is 10.0. The second-order valence-electron chi connectivity index (χ2n) is 6.42. The highest BCUT2D eigenvalue weighted by Crippen LogP contribution is 2.35. The Kier molecular flexibility index (Phi) is 7.77. The normalized spacial score (nSPS) is 11.9. The van der Waals surface area contributed by atoms with Gasteiger partial charge in [0.1, 0.15) is 12.4 Å². The number of phosphoric ester groups is 1. The van der Waals surface area contributed by atoms with Gasteiger partial charge < -0.3 is 14.5 Å². The van der Waals surface area contributed by atoms with Gasteiger partial charge in [-0.15, -0.1) is 0 Å². The van der Waals surface area contributed by atoms with Crippen LogP contribution in [0.3, 0.4) is 0 Å². The van der Waals surface area contributed by atoms with Gasteiger partial charge >= 0.3 is 7.82 Å². The van der Waals surface area contributed by atoms with Crippen molar-refractivity contribution >= 4 is 32.1 Å². The maximum absolute atomic E-state index is 10.8. The van der Waals surface area contributed by atoms with Gasteiger partial charge in [-0.05, 0) is 22.8 Å². The van der Waals surface area contributed by atoms with Crippen LogP contribution in [0.15, 0.2) is 78.9 Å². The second kappa shape index (κ2) is 10.7. The second-order valence-corrected chi connectivity index (χ2v) is 7.66. The summed E-state index contributed by atoms with van der Waals surface area (Å²) in [5, 5.41) is 0. The number of rotatable bonds is 9. The van der Waals surface area contributed by atoms with Crippen LogP contribution in [0, 0.1) is 0 Å². The van der Waals surface area contributed by atoms with Crippen molar-refractivity contribution in [2.45, 2.75) is 0 Å². The molecule has 0 spiro atoms. The van der Waals surface area contributed by atoms with Gasteiger partial charge in [-0.1, -0.05) is 97.1 Å². The van der Waals surface area contributed by atoms with Crippen LogP contribution in [0.2, 0.25) is 0 Å². The zero-order valence-corrected chi connectivity index (χ0v) is 17.2. The van der Waals surface area contributed by atoms with Crippen molar-refractivity contribution in [3.05, 3.63) is 101 Å². The molecule has 5 nitrogen and oxygen atoms in total. The lowest BCUT2D eigenvalue weighted by molar-refractivity contribution is 0.160. The molecular weight excluding hydrogens is 399 g/mol. The number of benzene rings is 3. The monoisotopic (exact) mass is 422 g/mol. The molecule has 0 saturated carbocycles. The first-order chi connectivity index (χ1) is 14.5. The number of ether oxygens (including phenoxy) is 1. The molecule has 0 aliphatic heterocycles. The van der Waals surface area contributed by atoms with Crippen LogP contribution < -0.4 is 4.74 Å². The largest absolute Gasteiger partial charge is 0.491 e. The molecule has 0 aliphatic rings. The predicted molar refractivity (Wildman–Crippen MR) is 121 cm³/mol. The summed E-state index contributed by atoms with van der Waals surface area (Å²) in [6.07, 6.45) is 8.00. The maximum Gasteiger partial charge on any atom is 0.469 e. The minimum atomic E-state index is -4.51. The van der Waals surface area contributed by atoms with Crippen LogP contribution in [-0.2, 0) is 9.09 Å². The van der Waals surface area contributed by atoms with Crippen molar-refractivity contribution in [2.24, 2.45) is 0 Å². The highest BCUT2D eigenvalue weighted by molar-refractivity contribution is 7.46. The Hall–Kier alpha value is -2.95. The fourth-order valence-electron chi connectivity index (χ4n) is 2.81. The summed E-state index contributed by atoms with van der Waals surface area (Å²) in [5.74, 6) is 0.603. The van der Waals surface area contributed by atoms with E-state index in [0.717, 1.165) is 22.3 Å². The summed E-state index contributed by atoms with van der Waals surface area (Å²) in [6, 6.07) is 25.6. The molecule has 0 atom stereocenters. The molecule has 3 aromatic rings. The lowest BCUT2D eigenvalue weighted by Gasteiger charge is -2.12. The minimum absolute atomic E-state index is 0.0170. The third kappa shape index (κ3) is 7.14. The van der Waals surface area contributed by atoms with Gasteiger partial charge in [0.05, 0.1) is 6.61 Å². The van der Waals surface area contributed by atoms with Crippen LogP contribution in [-0.4, -0.2) is 23.0 Å². The highest BCUT2D eigenvalue weighted by atomic mass is 31.2. The van der Waals surface area contributed by atoms with Gasteiger partial charge in [-0.2, -0.15) is 0 Å². The molecule has 154 valence electrons. The fourth-order valence-corrected chi connectivity index (χ4v) is 3.12. The van der Waals surface area contributed by atoms with E-state index in [9.17, 15) is 4.57 Å². The van der Waals surface area contributed by atoms with Gasteiger partial charge in [0, 0.05) is 5.56 Å². The van der Waals surface area contributed by atoms with E-state index in [-0.39, 0.29) is 13.2 Å². The third-order valence-electron chi connectivity index (χ3n) is 4.20. The van der Waals surface area contributed by atoms with E-state index in [1.54, 1.807) is 0 Å². The molecule has 0 saturated heterocycles. The number of phosphoric acid groups is 1. The first kappa shape index (κ1) is 21.8. The van der Waals surface area contributed by atoms with Gasteiger partial charge in [-0.3, -0.25) is 4.52 Å². The molecule has 0 aromatic heterocycles. The quantitative estimate of drug-likeness (QED) is 0.270. The summed E-state index contributed by atoms with van der Waals surface area (Å²) < 4.78 is 21.1. The molecule has 0 heterocycles. The summed E-state index contributed by atoms with van der Waals surface area (Å²) in [5.41, 5.74) is 3.95. The molecule has 0 aliphatic carbocycles. The molecule has 3 aromatic carbocycles. The zero-order valence-electron chi connectivity index (χ0n) is 16.3. The Labute approximate surface area is 176 Å². The van der Waals surface area contributed by atoms with Crippen LogP contribution in [0.5, 0.6) is 5.75 Å². The molecule has 6 heteroatoms. The maximum atomic E-state index is 10.8. The Morgan fingerprint density at radius 3 is 1.90 bits per heavy atom. The Balaban J connectivity index is 1.86. The van der Waals surface area contributed by atoms with E-state index >= 15 is 0 Å². The van der Waals surface area contributed by atoms with E-state index in [0.29, 0.717) is 5.75 Å². The number of hydrogen-bond acceptors (Lipinski definition) is 3. The molecule has 0 amide bonds. The van der Waals surface area contributed by atoms with Crippen molar-refractivity contribution in [1.82, 2.24) is 0 Å². The van der Waals surface area contributed by atoms with Crippen LogP contribution in [0.25, 0.3) is 24.3 Å². The smallest absolute Gasteiger partial charge is 0.469 e. The summed E-state index contributed by atoms with van der Waals surface area (Å²) in [6.45, 7) is -0.195. The van der Waals surface area contributed by atoms with E-state index in [2.05, 4.69) is 4.52 Å². The predicted octanol–water partition coefficient (Wildman–Crippen LogP) is 5.52. The fraction of sp³-hybridized carbons (Fsp3) is 0.0833. The molecule has 2 N–H and O–H groups in total.